The number of nitrogens with one attached hydrogen (secondary N) is 3. The molecular weight excluding hydrogens is 320 g/mol. The van der Waals surface area contributed by atoms with Gasteiger partial charge in [0.05, 0.1) is 13.2 Å². The van der Waals surface area contributed by atoms with Gasteiger partial charge in [-0.15, -0.1) is 0 Å². The second kappa shape index (κ2) is 6.75. The van der Waals surface area contributed by atoms with Gasteiger partial charge in [-0.3, -0.25) is 14.6 Å². The number of carbonyl (C=O) groups excluding carboxylic acids is 2. The SMILES string of the molecule is O=C(NC(CO)C(=O)NC1=NCCS1)c1ccc2n[nH]nc2c1. The van der Waals surface area contributed by atoms with E-state index in [2.05, 4.69) is 31.0 Å². The quantitative estimate of drug-likeness (QED) is 0.583. The molecule has 1 unspecified atom stereocenters. The van der Waals surface area contributed by atoms with Crippen molar-refractivity contribution >= 4 is 39.8 Å². The number of aliphatic hydroxyl groups is 1. The van der Waals surface area contributed by atoms with Crippen LogP contribution in [0.5, 0.6) is 0 Å². The summed E-state index contributed by atoms with van der Waals surface area (Å²) in [5, 5.41) is 25.2. The van der Waals surface area contributed by atoms with Crippen LogP contribution in [-0.2, 0) is 4.79 Å². The molecule has 120 valence electrons. The average molecular weight is 334 g/mol. The lowest BCUT2D eigenvalue weighted by atomic mass is 10.1. The van der Waals surface area contributed by atoms with Crippen molar-refractivity contribution in [3.63, 3.8) is 0 Å². The lowest BCUT2D eigenvalue weighted by molar-refractivity contribution is -0.122. The van der Waals surface area contributed by atoms with Gasteiger partial charge in [0.15, 0.2) is 5.17 Å². The third kappa shape index (κ3) is 3.48. The first kappa shape index (κ1) is 15.4. The number of aromatic nitrogens is 3. The zero-order valence-electron chi connectivity index (χ0n) is 11.9. The van der Waals surface area contributed by atoms with Gasteiger partial charge in [-0.25, -0.2) is 0 Å². The summed E-state index contributed by atoms with van der Waals surface area (Å²) in [6, 6.07) is 3.71. The Bertz CT molecular complexity index is 774. The van der Waals surface area contributed by atoms with E-state index < -0.39 is 24.5 Å². The van der Waals surface area contributed by atoms with Crippen molar-refractivity contribution in [3.05, 3.63) is 23.8 Å². The third-order valence-corrected chi connectivity index (χ3v) is 4.09. The maximum Gasteiger partial charge on any atom is 0.252 e. The molecule has 0 aliphatic carbocycles. The molecule has 1 aliphatic heterocycles. The number of aromatic amines is 1. The van der Waals surface area contributed by atoms with E-state index in [9.17, 15) is 14.7 Å². The zero-order valence-corrected chi connectivity index (χ0v) is 12.8. The van der Waals surface area contributed by atoms with Crippen LogP contribution in [-0.4, -0.2) is 62.4 Å². The van der Waals surface area contributed by atoms with Crippen LogP contribution in [0.4, 0.5) is 0 Å². The smallest absolute Gasteiger partial charge is 0.252 e. The summed E-state index contributed by atoms with van der Waals surface area (Å²) in [6.07, 6.45) is 0. The van der Waals surface area contributed by atoms with Gasteiger partial charge in [-0.1, -0.05) is 11.8 Å². The maximum atomic E-state index is 12.2. The number of aliphatic hydroxyl groups excluding tert-OH is 1. The Morgan fingerprint density at radius 3 is 2.91 bits per heavy atom. The van der Waals surface area contributed by atoms with Crippen LogP contribution < -0.4 is 10.6 Å². The number of amidine groups is 1. The molecule has 1 atom stereocenters. The molecule has 2 aromatic rings. The van der Waals surface area contributed by atoms with Crippen LogP contribution in [0.15, 0.2) is 23.2 Å². The van der Waals surface area contributed by atoms with E-state index in [-0.39, 0.29) is 0 Å². The molecule has 2 amide bonds. The summed E-state index contributed by atoms with van der Waals surface area (Å²) >= 11 is 1.42. The Morgan fingerprint density at radius 1 is 1.35 bits per heavy atom. The van der Waals surface area contributed by atoms with Crippen molar-refractivity contribution in [2.75, 3.05) is 18.9 Å². The summed E-state index contributed by atoms with van der Waals surface area (Å²) in [7, 11) is 0. The Labute approximate surface area is 134 Å². The zero-order chi connectivity index (χ0) is 16.2. The van der Waals surface area contributed by atoms with Crippen molar-refractivity contribution < 1.29 is 14.7 Å². The van der Waals surface area contributed by atoms with Gasteiger partial charge < -0.3 is 15.7 Å². The number of nitrogens with zero attached hydrogens (tertiary/aromatic N) is 3. The summed E-state index contributed by atoms with van der Waals surface area (Å²) < 4.78 is 0. The second-order valence-electron chi connectivity index (χ2n) is 4.76. The van der Waals surface area contributed by atoms with E-state index in [1.807, 2.05) is 0 Å². The molecule has 0 fully saturated rings. The number of benzene rings is 1. The van der Waals surface area contributed by atoms with Crippen LogP contribution in [0, 0.1) is 0 Å². The second-order valence-corrected chi connectivity index (χ2v) is 5.84. The van der Waals surface area contributed by atoms with E-state index >= 15 is 0 Å². The first-order valence-electron chi connectivity index (χ1n) is 6.88. The highest BCUT2D eigenvalue weighted by Crippen LogP contribution is 2.11. The summed E-state index contributed by atoms with van der Waals surface area (Å²) in [5.41, 5.74) is 1.50. The fourth-order valence-electron chi connectivity index (χ4n) is 2.02. The van der Waals surface area contributed by atoms with Crippen LogP contribution >= 0.6 is 11.8 Å². The van der Waals surface area contributed by atoms with Crippen LogP contribution in [0.3, 0.4) is 0 Å². The predicted molar refractivity (Wildman–Crippen MR) is 85.1 cm³/mol. The fourth-order valence-corrected chi connectivity index (χ4v) is 2.75. The standard InChI is InChI=1S/C13H14N6O3S/c20-6-10(12(22)16-13-14-3-4-23-13)15-11(21)7-1-2-8-9(5-7)18-19-17-8/h1-2,5,10,20H,3-4,6H2,(H,15,21)(H,14,16,22)(H,17,18,19). The minimum Gasteiger partial charge on any atom is -0.394 e. The fraction of sp³-hybridized carbons (Fsp3) is 0.308. The van der Waals surface area contributed by atoms with E-state index in [4.69, 9.17) is 0 Å². The van der Waals surface area contributed by atoms with Gasteiger partial charge in [-0.05, 0) is 18.2 Å². The summed E-state index contributed by atoms with van der Waals surface area (Å²) in [6.45, 7) is 0.135. The van der Waals surface area contributed by atoms with Crippen LogP contribution in [0.1, 0.15) is 10.4 Å². The molecule has 2 heterocycles. The van der Waals surface area contributed by atoms with E-state index in [0.717, 1.165) is 5.75 Å². The summed E-state index contributed by atoms with van der Waals surface area (Å²) in [5.74, 6) is -0.176. The molecule has 3 rings (SSSR count). The van der Waals surface area contributed by atoms with Crippen molar-refractivity contribution in [1.82, 2.24) is 26.0 Å². The Morgan fingerprint density at radius 2 is 2.17 bits per heavy atom. The third-order valence-electron chi connectivity index (χ3n) is 3.20. The molecular formula is C13H14N6O3S. The number of rotatable bonds is 4. The van der Waals surface area contributed by atoms with E-state index in [1.54, 1.807) is 18.2 Å². The number of fused-ring (bicyclic) bond motifs is 1. The largest absolute Gasteiger partial charge is 0.394 e. The molecule has 9 nitrogen and oxygen atoms in total. The van der Waals surface area contributed by atoms with Crippen LogP contribution in [0.2, 0.25) is 0 Å². The van der Waals surface area contributed by atoms with Gasteiger partial charge >= 0.3 is 0 Å². The predicted octanol–water partition coefficient (Wildman–Crippen LogP) is -0.732. The highest BCUT2D eigenvalue weighted by atomic mass is 32.2. The van der Waals surface area contributed by atoms with Gasteiger partial charge in [0.1, 0.15) is 17.1 Å². The monoisotopic (exact) mass is 334 g/mol. The van der Waals surface area contributed by atoms with Gasteiger partial charge in [0, 0.05) is 11.3 Å². The minimum absolute atomic E-state index is 0.324. The molecule has 0 saturated heterocycles. The highest BCUT2D eigenvalue weighted by Gasteiger charge is 2.23. The first-order chi connectivity index (χ1) is 11.2. The van der Waals surface area contributed by atoms with Gasteiger partial charge in [-0.2, -0.15) is 15.4 Å². The molecule has 1 aromatic carbocycles. The van der Waals surface area contributed by atoms with E-state index in [0.29, 0.717) is 28.3 Å². The molecule has 0 radical (unpaired) electrons. The average Bonchev–Trinajstić information content (AvgIpc) is 3.22. The molecule has 0 spiro atoms. The number of hydrogen-bond donors (Lipinski definition) is 4. The Hall–Kier alpha value is -2.46. The van der Waals surface area contributed by atoms with Crippen molar-refractivity contribution in [1.29, 1.82) is 0 Å². The van der Waals surface area contributed by atoms with Gasteiger partial charge in [0.2, 0.25) is 0 Å². The van der Waals surface area contributed by atoms with Gasteiger partial charge in [0.25, 0.3) is 11.8 Å². The molecule has 23 heavy (non-hydrogen) atoms. The number of amides is 2. The molecule has 0 saturated carbocycles. The number of aliphatic imine (C=N–C) groups is 1. The number of hydrogen-bond acceptors (Lipinski definition) is 7. The van der Waals surface area contributed by atoms with Crippen molar-refractivity contribution in [3.8, 4) is 0 Å². The number of thioether (sulfide) groups is 1. The Balaban J connectivity index is 1.67. The molecule has 0 bridgehead atoms. The lowest BCUT2D eigenvalue weighted by Crippen LogP contribution is -2.49. The Kier molecular flexibility index (Phi) is 4.53. The highest BCUT2D eigenvalue weighted by molar-refractivity contribution is 8.14. The van der Waals surface area contributed by atoms with Crippen LogP contribution in [0.25, 0.3) is 11.0 Å². The normalized spacial score (nSPS) is 15.3. The molecule has 1 aromatic heterocycles. The molecule has 1 aliphatic rings. The molecule has 4 N–H and O–H groups in total. The minimum atomic E-state index is -1.06. The topological polar surface area (TPSA) is 132 Å². The maximum absolute atomic E-state index is 12.2. The molecule has 10 heteroatoms. The van der Waals surface area contributed by atoms with Crippen molar-refractivity contribution in [2.24, 2.45) is 4.99 Å². The number of carbonyl (C=O) groups is 2. The van der Waals surface area contributed by atoms with Crippen molar-refractivity contribution in [2.45, 2.75) is 6.04 Å². The number of H-pyrrole nitrogens is 1. The lowest BCUT2D eigenvalue weighted by Gasteiger charge is -2.15. The summed E-state index contributed by atoms with van der Waals surface area (Å²) in [4.78, 5) is 28.4. The van der Waals surface area contributed by atoms with E-state index in [1.165, 1.54) is 11.8 Å². The first-order valence-corrected chi connectivity index (χ1v) is 7.86.